The predicted molar refractivity (Wildman–Crippen MR) is 67.2 cm³/mol. The molecule has 0 aliphatic carbocycles. The van der Waals surface area contributed by atoms with Gasteiger partial charge in [0.15, 0.2) is 12.2 Å². The molecule has 0 heterocycles. The molecule has 2 N–H and O–H groups in total. The van der Waals surface area contributed by atoms with Crippen LogP contribution >= 0.6 is 0 Å². The topological polar surface area (TPSA) is 102 Å². The molecule has 110 valence electrons. The summed E-state index contributed by atoms with van der Waals surface area (Å²) in [6, 6.07) is 6.78. The molecular formula is C13H16O7. The molecule has 7 heteroatoms. The van der Waals surface area contributed by atoms with Crippen molar-refractivity contribution in [1.82, 2.24) is 0 Å². The first-order valence-corrected chi connectivity index (χ1v) is 5.72. The third-order valence-electron chi connectivity index (χ3n) is 2.56. The number of methoxy groups -OCH3 is 2. The fraction of sp³-hybridized carbons (Fsp3) is 0.385. The van der Waals surface area contributed by atoms with Crippen molar-refractivity contribution in [2.75, 3.05) is 14.2 Å². The van der Waals surface area contributed by atoms with Crippen LogP contribution in [0, 0.1) is 0 Å². The van der Waals surface area contributed by atoms with E-state index >= 15 is 0 Å². The van der Waals surface area contributed by atoms with Gasteiger partial charge in [-0.25, -0.2) is 9.59 Å². The first-order valence-electron chi connectivity index (χ1n) is 5.72. The largest absolute Gasteiger partial charge is 0.497 e. The number of hydrogen-bond acceptors (Lipinski definition) is 6. The summed E-state index contributed by atoms with van der Waals surface area (Å²) in [5, 5.41) is 18.1. The number of hydrogen-bond donors (Lipinski definition) is 2. The molecule has 7 nitrogen and oxygen atoms in total. The molecule has 1 aromatic carbocycles. The highest BCUT2D eigenvalue weighted by Crippen LogP contribution is 2.13. The van der Waals surface area contributed by atoms with Gasteiger partial charge in [0.1, 0.15) is 5.75 Å². The van der Waals surface area contributed by atoms with Crippen molar-refractivity contribution in [2.24, 2.45) is 0 Å². The molecule has 0 spiro atoms. The molecule has 1 rings (SSSR count). The van der Waals surface area contributed by atoms with E-state index in [4.69, 9.17) is 14.6 Å². The summed E-state index contributed by atoms with van der Waals surface area (Å²) in [5.41, 5.74) is 0.692. The zero-order valence-corrected chi connectivity index (χ0v) is 11.1. The summed E-state index contributed by atoms with van der Waals surface area (Å²) in [7, 11) is 2.61. The first kappa shape index (κ1) is 15.9. The molecule has 0 aromatic heterocycles. The third-order valence-corrected chi connectivity index (χ3v) is 2.56. The Kier molecular flexibility index (Phi) is 5.95. The van der Waals surface area contributed by atoms with Gasteiger partial charge in [-0.2, -0.15) is 0 Å². The minimum atomic E-state index is -1.99. The summed E-state index contributed by atoms with van der Waals surface area (Å²) in [4.78, 5) is 22.1. The molecule has 0 unspecified atom stereocenters. The number of rotatable bonds is 7. The van der Waals surface area contributed by atoms with Gasteiger partial charge in [0, 0.05) is 0 Å². The average molecular weight is 284 g/mol. The molecule has 2 atom stereocenters. The number of aliphatic hydroxyl groups is 1. The standard InChI is InChI=1S/C13H16O7/c1-18-9-5-3-8(4-6-9)7-20-11(13(17)19-2)10(14)12(15)16/h3-6,10-11,14H,7H2,1-2H3,(H,15,16)/t10-,11-/m1/s1. The SMILES string of the molecule is COC(=O)[C@H](OCc1ccc(OC)cc1)[C@@H](O)C(=O)O. The molecule has 0 bridgehead atoms. The molecule has 0 amide bonds. The summed E-state index contributed by atoms with van der Waals surface area (Å²) in [6.07, 6.45) is -3.57. The Morgan fingerprint density at radius 3 is 2.25 bits per heavy atom. The highest BCUT2D eigenvalue weighted by molar-refractivity contribution is 5.84. The smallest absolute Gasteiger partial charge is 0.338 e. The van der Waals surface area contributed by atoms with Gasteiger partial charge in [0.2, 0.25) is 0 Å². The van der Waals surface area contributed by atoms with Gasteiger partial charge < -0.3 is 24.4 Å². The predicted octanol–water partition coefficient (Wildman–Crippen LogP) is 0.199. The Morgan fingerprint density at radius 1 is 1.20 bits per heavy atom. The summed E-state index contributed by atoms with van der Waals surface area (Å²) in [5.74, 6) is -1.85. The van der Waals surface area contributed by atoms with Crippen LogP contribution < -0.4 is 4.74 Å². The maximum absolute atomic E-state index is 11.4. The molecular weight excluding hydrogens is 268 g/mol. The fourth-order valence-corrected chi connectivity index (χ4v) is 1.44. The zero-order valence-electron chi connectivity index (χ0n) is 11.1. The van der Waals surface area contributed by atoms with Gasteiger partial charge in [0.25, 0.3) is 0 Å². The molecule has 1 aromatic rings. The monoisotopic (exact) mass is 284 g/mol. The van der Waals surface area contributed by atoms with Gasteiger partial charge in [-0.05, 0) is 17.7 Å². The zero-order chi connectivity index (χ0) is 15.1. The summed E-state index contributed by atoms with van der Waals surface area (Å²) in [6.45, 7) is -0.0475. The second kappa shape index (κ2) is 7.46. The molecule has 0 radical (unpaired) electrons. The van der Waals surface area contributed by atoms with E-state index in [1.54, 1.807) is 24.3 Å². The van der Waals surface area contributed by atoms with E-state index in [-0.39, 0.29) is 6.61 Å². The first-order chi connectivity index (χ1) is 9.49. The number of esters is 1. The molecule has 0 saturated heterocycles. The van der Waals surface area contributed by atoms with Crippen LogP contribution in [-0.4, -0.2) is 48.6 Å². The van der Waals surface area contributed by atoms with E-state index in [9.17, 15) is 14.7 Å². The molecule has 0 aliphatic heterocycles. The van der Waals surface area contributed by atoms with Crippen LogP contribution in [0.1, 0.15) is 5.56 Å². The van der Waals surface area contributed by atoms with Crippen molar-refractivity contribution in [3.05, 3.63) is 29.8 Å². The van der Waals surface area contributed by atoms with Gasteiger partial charge in [-0.3, -0.25) is 0 Å². The summed E-state index contributed by atoms with van der Waals surface area (Å²) < 4.78 is 14.5. The average Bonchev–Trinajstić information content (AvgIpc) is 2.47. The van der Waals surface area contributed by atoms with E-state index in [1.807, 2.05) is 0 Å². The van der Waals surface area contributed by atoms with Gasteiger partial charge in [0.05, 0.1) is 20.8 Å². The quantitative estimate of drug-likeness (QED) is 0.689. The Hall–Kier alpha value is -2.12. The number of aliphatic carboxylic acids is 1. The maximum atomic E-state index is 11.4. The number of benzene rings is 1. The molecule has 20 heavy (non-hydrogen) atoms. The van der Waals surface area contributed by atoms with Crippen LogP contribution in [0.2, 0.25) is 0 Å². The summed E-state index contributed by atoms with van der Waals surface area (Å²) >= 11 is 0. The fourth-order valence-electron chi connectivity index (χ4n) is 1.44. The number of carbonyl (C=O) groups excluding carboxylic acids is 1. The maximum Gasteiger partial charge on any atom is 0.338 e. The van der Waals surface area contributed by atoms with Crippen LogP contribution in [-0.2, 0) is 25.7 Å². The van der Waals surface area contributed by atoms with Crippen molar-refractivity contribution in [3.63, 3.8) is 0 Å². The lowest BCUT2D eigenvalue weighted by Crippen LogP contribution is -2.42. The highest BCUT2D eigenvalue weighted by Gasteiger charge is 2.34. The van der Waals surface area contributed by atoms with Crippen LogP contribution in [0.5, 0.6) is 5.75 Å². The van der Waals surface area contributed by atoms with Crippen molar-refractivity contribution in [1.29, 1.82) is 0 Å². The van der Waals surface area contributed by atoms with Crippen LogP contribution in [0.15, 0.2) is 24.3 Å². The van der Waals surface area contributed by atoms with E-state index in [0.717, 1.165) is 7.11 Å². The second-order valence-corrected chi connectivity index (χ2v) is 3.89. The normalized spacial score (nSPS) is 13.3. The van der Waals surface area contributed by atoms with Gasteiger partial charge in [-0.15, -0.1) is 0 Å². The lowest BCUT2D eigenvalue weighted by molar-refractivity contribution is -0.174. The molecule has 0 aliphatic rings. The van der Waals surface area contributed by atoms with Gasteiger partial charge in [-0.1, -0.05) is 12.1 Å². The minimum absolute atomic E-state index is 0.0475. The number of aliphatic hydroxyl groups excluding tert-OH is 1. The number of carbonyl (C=O) groups is 2. The van der Waals surface area contributed by atoms with E-state index in [2.05, 4.69) is 4.74 Å². The van der Waals surface area contributed by atoms with Gasteiger partial charge >= 0.3 is 11.9 Å². The van der Waals surface area contributed by atoms with E-state index in [0.29, 0.717) is 11.3 Å². The lowest BCUT2D eigenvalue weighted by Gasteiger charge is -2.18. The Labute approximate surface area is 115 Å². The Morgan fingerprint density at radius 2 is 1.80 bits per heavy atom. The Balaban J connectivity index is 2.70. The van der Waals surface area contributed by atoms with Crippen molar-refractivity contribution < 1.29 is 34.0 Å². The number of ether oxygens (including phenoxy) is 3. The van der Waals surface area contributed by atoms with Crippen molar-refractivity contribution in [3.8, 4) is 5.75 Å². The minimum Gasteiger partial charge on any atom is -0.497 e. The second-order valence-electron chi connectivity index (χ2n) is 3.89. The van der Waals surface area contributed by atoms with E-state index < -0.39 is 24.1 Å². The lowest BCUT2D eigenvalue weighted by atomic mass is 10.2. The molecule has 0 fully saturated rings. The van der Waals surface area contributed by atoms with Crippen molar-refractivity contribution in [2.45, 2.75) is 18.8 Å². The third kappa shape index (κ3) is 4.22. The van der Waals surface area contributed by atoms with Crippen LogP contribution in [0.25, 0.3) is 0 Å². The van der Waals surface area contributed by atoms with E-state index in [1.165, 1.54) is 7.11 Å². The highest BCUT2D eigenvalue weighted by atomic mass is 16.6. The van der Waals surface area contributed by atoms with Crippen molar-refractivity contribution >= 4 is 11.9 Å². The number of carboxylic acid groups (broad SMARTS) is 1. The van der Waals surface area contributed by atoms with Crippen LogP contribution in [0.4, 0.5) is 0 Å². The van der Waals surface area contributed by atoms with Crippen LogP contribution in [0.3, 0.4) is 0 Å². The number of carboxylic acids is 1. The molecule has 0 saturated carbocycles. The Bertz CT molecular complexity index is 454.